The minimum absolute atomic E-state index is 0.0701. The average molecular weight is 265 g/mol. The minimum Gasteiger partial charge on any atom is -0.349 e. The molecule has 1 fully saturated rings. The maximum absolute atomic E-state index is 12.3. The van der Waals surface area contributed by atoms with Crippen molar-refractivity contribution in [2.75, 3.05) is 0 Å². The molecule has 1 N–H and O–H groups in total. The van der Waals surface area contributed by atoms with Gasteiger partial charge in [-0.05, 0) is 30.4 Å². The quantitative estimate of drug-likeness (QED) is 0.898. The Kier molecular flexibility index (Phi) is 3.55. The molecule has 0 saturated heterocycles. The normalized spacial score (nSPS) is 22.1. The molecular formula is C18H19NO. The van der Waals surface area contributed by atoms with Crippen LogP contribution < -0.4 is 5.32 Å². The maximum Gasteiger partial charge on any atom is 0.224 e. The lowest BCUT2D eigenvalue weighted by atomic mass is 10.1. The van der Waals surface area contributed by atoms with Gasteiger partial charge in [0.15, 0.2) is 0 Å². The van der Waals surface area contributed by atoms with Crippen molar-refractivity contribution in [2.45, 2.75) is 25.3 Å². The summed E-state index contributed by atoms with van der Waals surface area (Å²) in [6, 6.07) is 20.5. The van der Waals surface area contributed by atoms with E-state index in [1.165, 1.54) is 5.56 Å². The van der Waals surface area contributed by atoms with Crippen molar-refractivity contribution in [2.24, 2.45) is 5.92 Å². The van der Waals surface area contributed by atoms with Crippen LogP contribution in [0.2, 0.25) is 0 Å². The summed E-state index contributed by atoms with van der Waals surface area (Å²) in [5.41, 5.74) is 2.43. The van der Waals surface area contributed by atoms with Crippen LogP contribution in [-0.4, -0.2) is 5.91 Å². The van der Waals surface area contributed by atoms with Crippen LogP contribution in [-0.2, 0) is 4.79 Å². The molecule has 2 aromatic rings. The summed E-state index contributed by atoms with van der Waals surface area (Å²) >= 11 is 0. The summed E-state index contributed by atoms with van der Waals surface area (Å²) in [5, 5.41) is 3.12. The van der Waals surface area contributed by atoms with Gasteiger partial charge in [0.2, 0.25) is 5.91 Å². The van der Waals surface area contributed by atoms with E-state index in [9.17, 15) is 4.79 Å². The van der Waals surface area contributed by atoms with Crippen LogP contribution in [0.25, 0.3) is 0 Å². The molecule has 0 spiro atoms. The molecule has 3 rings (SSSR count). The lowest BCUT2D eigenvalue weighted by Gasteiger charge is -2.14. The Hall–Kier alpha value is -2.09. The minimum atomic E-state index is 0.0701. The highest BCUT2D eigenvalue weighted by Crippen LogP contribution is 2.47. The van der Waals surface area contributed by atoms with Gasteiger partial charge in [-0.3, -0.25) is 4.79 Å². The van der Waals surface area contributed by atoms with Gasteiger partial charge in [0.1, 0.15) is 0 Å². The van der Waals surface area contributed by atoms with E-state index < -0.39 is 0 Å². The Bertz CT molecular complexity index is 579. The number of hydrogen-bond donors (Lipinski definition) is 1. The fraction of sp³-hybridized carbons (Fsp3) is 0.278. The molecule has 0 radical (unpaired) electrons. The highest BCUT2D eigenvalue weighted by molar-refractivity contribution is 5.83. The van der Waals surface area contributed by atoms with E-state index in [4.69, 9.17) is 0 Å². The number of rotatable bonds is 4. The Balaban J connectivity index is 1.59. The van der Waals surface area contributed by atoms with Gasteiger partial charge < -0.3 is 5.32 Å². The molecule has 0 heterocycles. The smallest absolute Gasteiger partial charge is 0.224 e. The maximum atomic E-state index is 12.3. The monoisotopic (exact) mass is 265 g/mol. The predicted molar refractivity (Wildman–Crippen MR) is 80.3 cm³/mol. The van der Waals surface area contributed by atoms with Crippen molar-refractivity contribution in [1.82, 2.24) is 5.32 Å². The van der Waals surface area contributed by atoms with Crippen molar-refractivity contribution in [3.63, 3.8) is 0 Å². The van der Waals surface area contributed by atoms with Crippen molar-refractivity contribution < 1.29 is 4.79 Å². The summed E-state index contributed by atoms with van der Waals surface area (Å²) in [6.45, 7) is 2.03. The Morgan fingerprint density at radius 2 is 1.65 bits per heavy atom. The van der Waals surface area contributed by atoms with Gasteiger partial charge in [-0.15, -0.1) is 0 Å². The molecule has 2 heteroatoms. The zero-order valence-corrected chi connectivity index (χ0v) is 11.6. The third-order valence-electron chi connectivity index (χ3n) is 4.01. The number of carbonyl (C=O) groups excluding carboxylic acids is 1. The Labute approximate surface area is 119 Å². The fourth-order valence-corrected chi connectivity index (χ4v) is 2.70. The van der Waals surface area contributed by atoms with E-state index in [0.717, 1.165) is 12.0 Å². The first kappa shape index (κ1) is 12.9. The lowest BCUT2D eigenvalue weighted by molar-refractivity contribution is -0.123. The second-order valence-electron chi connectivity index (χ2n) is 5.50. The van der Waals surface area contributed by atoms with Crippen molar-refractivity contribution >= 4 is 5.91 Å². The third kappa shape index (κ3) is 2.74. The SMILES string of the molecule is C[C@@H](NC(=O)[C@H]1C[C@@H]1c1ccccc1)c1ccccc1. The number of nitrogens with one attached hydrogen (secondary N) is 1. The standard InChI is InChI=1S/C18H19NO/c1-13(14-8-4-2-5-9-14)19-18(20)17-12-16(17)15-10-6-3-7-11-15/h2-11,13,16-17H,12H2,1H3,(H,19,20)/t13-,16-,17+/m1/s1. The number of benzene rings is 2. The van der Waals surface area contributed by atoms with E-state index in [-0.39, 0.29) is 17.9 Å². The molecule has 20 heavy (non-hydrogen) atoms. The largest absolute Gasteiger partial charge is 0.349 e. The molecular weight excluding hydrogens is 246 g/mol. The second-order valence-corrected chi connectivity index (χ2v) is 5.50. The summed E-state index contributed by atoms with van der Waals surface area (Å²) in [5.74, 6) is 0.720. The molecule has 0 unspecified atom stereocenters. The van der Waals surface area contributed by atoms with Gasteiger partial charge in [0.05, 0.1) is 6.04 Å². The van der Waals surface area contributed by atoms with Gasteiger partial charge in [0.25, 0.3) is 0 Å². The van der Waals surface area contributed by atoms with Gasteiger partial charge in [-0.25, -0.2) is 0 Å². The van der Waals surface area contributed by atoms with Crippen molar-refractivity contribution in [3.05, 3.63) is 71.8 Å². The van der Waals surface area contributed by atoms with E-state index in [1.54, 1.807) is 0 Å². The van der Waals surface area contributed by atoms with Crippen LogP contribution in [0.1, 0.15) is 36.4 Å². The highest BCUT2D eigenvalue weighted by Gasteiger charge is 2.44. The van der Waals surface area contributed by atoms with Gasteiger partial charge in [-0.1, -0.05) is 60.7 Å². The molecule has 3 atom stereocenters. The molecule has 2 aromatic carbocycles. The number of carbonyl (C=O) groups is 1. The number of amides is 1. The van der Waals surface area contributed by atoms with E-state index in [1.807, 2.05) is 55.5 Å². The topological polar surface area (TPSA) is 29.1 Å². The molecule has 0 aliphatic heterocycles. The number of hydrogen-bond acceptors (Lipinski definition) is 1. The van der Waals surface area contributed by atoms with Crippen LogP contribution in [0.4, 0.5) is 0 Å². The molecule has 0 aromatic heterocycles. The molecule has 2 nitrogen and oxygen atoms in total. The molecule has 0 bridgehead atoms. The first-order valence-electron chi connectivity index (χ1n) is 7.16. The van der Waals surface area contributed by atoms with E-state index in [0.29, 0.717) is 5.92 Å². The summed E-state index contributed by atoms with van der Waals surface area (Å²) < 4.78 is 0. The summed E-state index contributed by atoms with van der Waals surface area (Å²) in [6.07, 6.45) is 0.970. The van der Waals surface area contributed by atoms with Crippen LogP contribution in [0.5, 0.6) is 0 Å². The zero-order valence-electron chi connectivity index (χ0n) is 11.6. The average Bonchev–Trinajstić information content (AvgIpc) is 3.29. The molecule has 1 amide bonds. The summed E-state index contributed by atoms with van der Waals surface area (Å²) in [7, 11) is 0. The molecule has 1 saturated carbocycles. The fourth-order valence-electron chi connectivity index (χ4n) is 2.70. The van der Waals surface area contributed by atoms with Crippen LogP contribution >= 0.6 is 0 Å². The van der Waals surface area contributed by atoms with E-state index >= 15 is 0 Å². The van der Waals surface area contributed by atoms with Gasteiger partial charge in [-0.2, -0.15) is 0 Å². The lowest BCUT2D eigenvalue weighted by Crippen LogP contribution is -2.28. The van der Waals surface area contributed by atoms with Crippen LogP contribution in [0.15, 0.2) is 60.7 Å². The molecule has 1 aliphatic carbocycles. The van der Waals surface area contributed by atoms with Crippen LogP contribution in [0.3, 0.4) is 0 Å². The Morgan fingerprint density at radius 3 is 2.30 bits per heavy atom. The van der Waals surface area contributed by atoms with Crippen molar-refractivity contribution in [1.29, 1.82) is 0 Å². The first-order chi connectivity index (χ1) is 9.75. The molecule has 102 valence electrons. The van der Waals surface area contributed by atoms with Gasteiger partial charge >= 0.3 is 0 Å². The van der Waals surface area contributed by atoms with Gasteiger partial charge in [0, 0.05) is 5.92 Å². The zero-order chi connectivity index (χ0) is 13.9. The summed E-state index contributed by atoms with van der Waals surface area (Å²) in [4.78, 5) is 12.3. The van der Waals surface area contributed by atoms with E-state index in [2.05, 4.69) is 17.4 Å². The molecule has 1 aliphatic rings. The first-order valence-corrected chi connectivity index (χ1v) is 7.16. The second kappa shape index (κ2) is 5.49. The highest BCUT2D eigenvalue weighted by atomic mass is 16.2. The predicted octanol–water partition coefficient (Wildman–Crippen LogP) is 3.67. The Morgan fingerprint density at radius 1 is 1.05 bits per heavy atom. The third-order valence-corrected chi connectivity index (χ3v) is 4.01. The van der Waals surface area contributed by atoms with Crippen molar-refractivity contribution in [3.8, 4) is 0 Å². The van der Waals surface area contributed by atoms with Crippen LogP contribution in [0, 0.1) is 5.92 Å².